The van der Waals surface area contributed by atoms with Crippen LogP contribution in [0, 0.1) is 5.92 Å². The molecule has 0 atom stereocenters. The standard InChI is InChI=1S/C23H31N5O2S/c1-5-27(13-12-26(3)4)23(29)20-15-24-22(31-20)21-18-7-6-17(14-19(18)30-25-21)28-10-8-16(2)9-11-28/h6-7,14-16H,5,8-13H2,1-4H3. The lowest BCUT2D eigenvalue weighted by molar-refractivity contribution is 0.0759. The molecule has 0 radical (unpaired) electrons. The second-order valence-electron chi connectivity index (χ2n) is 8.60. The van der Waals surface area contributed by atoms with Crippen molar-refractivity contribution in [3.8, 4) is 10.7 Å². The summed E-state index contributed by atoms with van der Waals surface area (Å²) in [6.45, 7) is 8.67. The molecule has 31 heavy (non-hydrogen) atoms. The normalized spacial score (nSPS) is 15.2. The Bertz CT molecular complexity index is 1040. The maximum atomic E-state index is 12.9. The number of fused-ring (bicyclic) bond motifs is 1. The Kier molecular flexibility index (Phi) is 6.57. The number of hydrogen-bond donors (Lipinski definition) is 0. The Morgan fingerprint density at radius 1 is 1.26 bits per heavy atom. The largest absolute Gasteiger partial charge is 0.371 e. The van der Waals surface area contributed by atoms with Crippen LogP contribution in [0.3, 0.4) is 0 Å². The van der Waals surface area contributed by atoms with Gasteiger partial charge in [-0.2, -0.15) is 0 Å². The van der Waals surface area contributed by atoms with Gasteiger partial charge in [0.2, 0.25) is 0 Å². The molecule has 166 valence electrons. The van der Waals surface area contributed by atoms with E-state index in [1.54, 1.807) is 6.20 Å². The number of anilines is 1. The molecule has 0 aliphatic carbocycles. The number of hydrogen-bond acceptors (Lipinski definition) is 7. The number of amides is 1. The second-order valence-corrected chi connectivity index (χ2v) is 9.63. The number of aromatic nitrogens is 2. The van der Waals surface area contributed by atoms with Crippen molar-refractivity contribution in [2.75, 3.05) is 51.7 Å². The van der Waals surface area contributed by atoms with Crippen molar-refractivity contribution in [1.82, 2.24) is 19.9 Å². The van der Waals surface area contributed by atoms with Crippen LogP contribution >= 0.6 is 11.3 Å². The number of rotatable bonds is 7. The van der Waals surface area contributed by atoms with Crippen LogP contribution in [0.2, 0.25) is 0 Å². The molecule has 1 aliphatic rings. The second kappa shape index (κ2) is 9.36. The Hall–Kier alpha value is -2.45. The third-order valence-corrected chi connectivity index (χ3v) is 7.00. The molecule has 1 amide bonds. The SMILES string of the molecule is CCN(CCN(C)C)C(=O)c1cnc(-c2noc3cc(N4CCC(C)CC4)ccc23)s1. The predicted octanol–water partition coefficient (Wildman–Crippen LogP) is 4.21. The van der Waals surface area contributed by atoms with Gasteiger partial charge in [-0.3, -0.25) is 4.79 Å². The van der Waals surface area contributed by atoms with E-state index in [2.05, 4.69) is 45.1 Å². The summed E-state index contributed by atoms with van der Waals surface area (Å²) in [6.07, 6.45) is 4.10. The van der Waals surface area contributed by atoms with E-state index in [1.165, 1.54) is 29.9 Å². The van der Waals surface area contributed by atoms with Gasteiger partial charge in [0.15, 0.2) is 5.58 Å². The summed E-state index contributed by atoms with van der Waals surface area (Å²) >= 11 is 1.38. The summed E-state index contributed by atoms with van der Waals surface area (Å²) in [7, 11) is 4.02. The molecule has 1 saturated heterocycles. The first kappa shape index (κ1) is 21.8. The first-order chi connectivity index (χ1) is 15.0. The molecule has 0 bridgehead atoms. The molecule has 0 spiro atoms. The van der Waals surface area contributed by atoms with Crippen molar-refractivity contribution in [3.63, 3.8) is 0 Å². The zero-order chi connectivity index (χ0) is 22.0. The molecule has 1 fully saturated rings. The van der Waals surface area contributed by atoms with E-state index in [1.807, 2.05) is 25.9 Å². The van der Waals surface area contributed by atoms with Crippen LogP contribution in [0.1, 0.15) is 36.4 Å². The van der Waals surface area contributed by atoms with Crippen LogP contribution in [-0.4, -0.2) is 72.7 Å². The highest BCUT2D eigenvalue weighted by molar-refractivity contribution is 7.17. The molecular formula is C23H31N5O2S. The van der Waals surface area contributed by atoms with Gasteiger partial charge in [0.05, 0.1) is 11.6 Å². The van der Waals surface area contributed by atoms with Gasteiger partial charge in [0.25, 0.3) is 5.91 Å². The van der Waals surface area contributed by atoms with Crippen LogP contribution in [0.5, 0.6) is 0 Å². The minimum absolute atomic E-state index is 0.0162. The topological polar surface area (TPSA) is 65.7 Å². The summed E-state index contributed by atoms with van der Waals surface area (Å²) in [4.78, 5) is 24.4. The van der Waals surface area contributed by atoms with Gasteiger partial charge >= 0.3 is 0 Å². The lowest BCUT2D eigenvalue weighted by Crippen LogP contribution is -2.36. The number of likely N-dealkylation sites (N-methyl/N-ethyl adjacent to an activating group) is 2. The summed E-state index contributed by atoms with van der Waals surface area (Å²) < 4.78 is 5.65. The van der Waals surface area contributed by atoms with Gasteiger partial charge in [-0.05, 0) is 51.9 Å². The quantitative estimate of drug-likeness (QED) is 0.547. The average molecular weight is 442 g/mol. The Balaban J connectivity index is 1.53. The third-order valence-electron chi connectivity index (χ3n) is 6.01. The van der Waals surface area contributed by atoms with Gasteiger partial charge in [0.1, 0.15) is 15.6 Å². The lowest BCUT2D eigenvalue weighted by Gasteiger charge is -2.32. The van der Waals surface area contributed by atoms with Crippen molar-refractivity contribution in [2.24, 2.45) is 5.92 Å². The Morgan fingerprint density at radius 2 is 2.03 bits per heavy atom. The summed E-state index contributed by atoms with van der Waals surface area (Å²) in [6, 6.07) is 6.27. The highest BCUT2D eigenvalue weighted by Crippen LogP contribution is 2.34. The van der Waals surface area contributed by atoms with Crippen molar-refractivity contribution in [3.05, 3.63) is 29.3 Å². The predicted molar refractivity (Wildman–Crippen MR) is 126 cm³/mol. The highest BCUT2D eigenvalue weighted by Gasteiger charge is 2.22. The number of carbonyl (C=O) groups is 1. The van der Waals surface area contributed by atoms with E-state index in [0.29, 0.717) is 28.7 Å². The first-order valence-electron chi connectivity index (χ1n) is 11.0. The minimum Gasteiger partial charge on any atom is -0.371 e. The zero-order valence-electron chi connectivity index (χ0n) is 18.8. The maximum absolute atomic E-state index is 12.9. The monoisotopic (exact) mass is 441 g/mol. The number of thiazole rings is 1. The minimum atomic E-state index is 0.0162. The molecule has 4 rings (SSSR count). The van der Waals surface area contributed by atoms with E-state index in [-0.39, 0.29) is 5.91 Å². The van der Waals surface area contributed by atoms with Crippen LogP contribution in [0.25, 0.3) is 21.7 Å². The van der Waals surface area contributed by atoms with E-state index in [9.17, 15) is 4.79 Å². The molecule has 1 aromatic carbocycles. The lowest BCUT2D eigenvalue weighted by atomic mass is 9.99. The summed E-state index contributed by atoms with van der Waals surface area (Å²) in [5, 5.41) is 5.93. The molecule has 0 unspecified atom stereocenters. The molecule has 0 saturated carbocycles. The van der Waals surface area contributed by atoms with E-state index < -0.39 is 0 Å². The van der Waals surface area contributed by atoms with Gasteiger partial charge in [-0.25, -0.2) is 4.98 Å². The third kappa shape index (κ3) is 4.75. The fraction of sp³-hybridized carbons (Fsp3) is 0.522. The Labute approximate surface area is 187 Å². The molecule has 7 nitrogen and oxygen atoms in total. The molecular weight excluding hydrogens is 410 g/mol. The van der Waals surface area contributed by atoms with Crippen molar-refractivity contribution >= 4 is 33.9 Å². The number of carbonyl (C=O) groups excluding carboxylic acids is 1. The summed E-state index contributed by atoms with van der Waals surface area (Å²) in [5.41, 5.74) is 2.64. The van der Waals surface area contributed by atoms with Crippen molar-refractivity contribution in [2.45, 2.75) is 26.7 Å². The zero-order valence-corrected chi connectivity index (χ0v) is 19.6. The molecule has 3 heterocycles. The number of benzene rings is 1. The molecule has 8 heteroatoms. The fourth-order valence-electron chi connectivity index (χ4n) is 3.91. The first-order valence-corrected chi connectivity index (χ1v) is 11.8. The molecule has 1 aliphatic heterocycles. The fourth-order valence-corrected chi connectivity index (χ4v) is 4.79. The van der Waals surface area contributed by atoms with Crippen LogP contribution in [0.4, 0.5) is 5.69 Å². The van der Waals surface area contributed by atoms with Gasteiger partial charge < -0.3 is 19.2 Å². The van der Waals surface area contributed by atoms with Gasteiger partial charge in [-0.1, -0.05) is 12.1 Å². The molecule has 2 aromatic heterocycles. The number of piperidine rings is 1. The van der Waals surface area contributed by atoms with Crippen molar-refractivity contribution in [1.29, 1.82) is 0 Å². The smallest absolute Gasteiger partial charge is 0.265 e. The van der Waals surface area contributed by atoms with E-state index in [4.69, 9.17) is 4.52 Å². The van der Waals surface area contributed by atoms with Gasteiger partial charge in [0, 0.05) is 44.5 Å². The maximum Gasteiger partial charge on any atom is 0.265 e. The Morgan fingerprint density at radius 3 is 2.74 bits per heavy atom. The summed E-state index contributed by atoms with van der Waals surface area (Å²) in [5.74, 6) is 0.813. The molecule has 3 aromatic rings. The van der Waals surface area contributed by atoms with E-state index >= 15 is 0 Å². The van der Waals surface area contributed by atoms with Crippen molar-refractivity contribution < 1.29 is 9.32 Å². The van der Waals surface area contributed by atoms with Crippen LogP contribution < -0.4 is 4.90 Å². The highest BCUT2D eigenvalue weighted by atomic mass is 32.1. The average Bonchev–Trinajstić information content (AvgIpc) is 3.41. The van der Waals surface area contributed by atoms with Crippen LogP contribution in [0.15, 0.2) is 28.9 Å². The number of nitrogens with zero attached hydrogens (tertiary/aromatic N) is 5. The van der Waals surface area contributed by atoms with E-state index in [0.717, 1.165) is 36.5 Å². The molecule has 0 N–H and O–H groups in total. The van der Waals surface area contributed by atoms with Crippen LogP contribution in [-0.2, 0) is 0 Å². The van der Waals surface area contributed by atoms with Gasteiger partial charge in [-0.15, -0.1) is 11.3 Å².